The molecule has 0 fully saturated rings. The molecule has 0 radical (unpaired) electrons. The van der Waals surface area contributed by atoms with Crippen LogP contribution in [0.5, 0.6) is 5.75 Å². The molecule has 0 saturated heterocycles. The number of aromatic hydroxyl groups is 1. The highest BCUT2D eigenvalue weighted by molar-refractivity contribution is 5.75. The molecule has 2 atom stereocenters. The molecule has 0 spiro atoms. The van der Waals surface area contributed by atoms with Crippen molar-refractivity contribution in [2.75, 3.05) is 10.6 Å². The van der Waals surface area contributed by atoms with Crippen LogP contribution in [0.25, 0.3) is 0 Å². The second kappa shape index (κ2) is 5.93. The van der Waals surface area contributed by atoms with Crippen LogP contribution in [0, 0.1) is 0 Å². The molecular formula is C12H16N2O3. The Morgan fingerprint density at radius 1 is 1.06 bits per heavy atom. The van der Waals surface area contributed by atoms with Crippen molar-refractivity contribution in [3.05, 3.63) is 43.5 Å². The molecule has 5 nitrogen and oxygen atoms in total. The fourth-order valence-corrected chi connectivity index (χ4v) is 1.24. The van der Waals surface area contributed by atoms with Crippen LogP contribution in [0.1, 0.15) is 0 Å². The van der Waals surface area contributed by atoms with E-state index >= 15 is 0 Å². The lowest BCUT2D eigenvalue weighted by molar-refractivity contribution is 0.249. The summed E-state index contributed by atoms with van der Waals surface area (Å²) in [4.78, 5) is 0. The van der Waals surface area contributed by atoms with Gasteiger partial charge in [0.2, 0.25) is 0 Å². The summed E-state index contributed by atoms with van der Waals surface area (Å²) in [5, 5.41) is 33.8. The molecule has 2 unspecified atom stereocenters. The van der Waals surface area contributed by atoms with Crippen LogP contribution in [0.2, 0.25) is 0 Å². The molecule has 92 valence electrons. The number of rotatable bonds is 6. The molecule has 0 aliphatic heterocycles. The molecule has 1 aromatic rings. The van der Waals surface area contributed by atoms with Crippen LogP contribution >= 0.6 is 0 Å². The van der Waals surface area contributed by atoms with Gasteiger partial charge in [-0.3, -0.25) is 0 Å². The SMILES string of the molecule is C=CC(O)Nc1cccc(O)c1NC(O)C=C. The van der Waals surface area contributed by atoms with Gasteiger partial charge < -0.3 is 26.0 Å². The molecule has 0 aliphatic carbocycles. The predicted octanol–water partition coefficient (Wildman–Crippen LogP) is 1.22. The van der Waals surface area contributed by atoms with Crippen molar-refractivity contribution < 1.29 is 15.3 Å². The number of hydrogen-bond acceptors (Lipinski definition) is 5. The Kier molecular flexibility index (Phi) is 4.56. The molecule has 0 heterocycles. The second-order valence-corrected chi connectivity index (χ2v) is 3.35. The topological polar surface area (TPSA) is 84.8 Å². The molecule has 5 heteroatoms. The van der Waals surface area contributed by atoms with Gasteiger partial charge in [-0.25, -0.2) is 0 Å². The van der Waals surface area contributed by atoms with Gasteiger partial charge >= 0.3 is 0 Å². The largest absolute Gasteiger partial charge is 0.506 e. The zero-order chi connectivity index (χ0) is 12.8. The average Bonchev–Trinajstić information content (AvgIpc) is 2.33. The third-order valence-electron chi connectivity index (χ3n) is 2.08. The minimum Gasteiger partial charge on any atom is -0.506 e. The summed E-state index contributed by atoms with van der Waals surface area (Å²) >= 11 is 0. The van der Waals surface area contributed by atoms with E-state index in [1.165, 1.54) is 18.2 Å². The van der Waals surface area contributed by atoms with E-state index in [0.29, 0.717) is 5.69 Å². The fourth-order valence-electron chi connectivity index (χ4n) is 1.24. The zero-order valence-corrected chi connectivity index (χ0v) is 9.30. The third kappa shape index (κ3) is 3.51. The maximum Gasteiger partial charge on any atom is 0.143 e. The van der Waals surface area contributed by atoms with Gasteiger partial charge in [0.05, 0.1) is 5.69 Å². The van der Waals surface area contributed by atoms with E-state index in [4.69, 9.17) is 0 Å². The van der Waals surface area contributed by atoms with Crippen molar-refractivity contribution in [1.82, 2.24) is 0 Å². The molecule has 0 aliphatic rings. The Hall–Kier alpha value is -1.98. The van der Waals surface area contributed by atoms with Crippen LogP contribution in [0.4, 0.5) is 11.4 Å². The lowest BCUT2D eigenvalue weighted by atomic mass is 10.2. The third-order valence-corrected chi connectivity index (χ3v) is 2.08. The van der Waals surface area contributed by atoms with Gasteiger partial charge in [0.15, 0.2) is 0 Å². The fraction of sp³-hybridized carbons (Fsp3) is 0.167. The summed E-state index contributed by atoms with van der Waals surface area (Å²) in [7, 11) is 0. The zero-order valence-electron chi connectivity index (χ0n) is 9.30. The summed E-state index contributed by atoms with van der Waals surface area (Å²) in [6.07, 6.45) is 0.640. The minimum atomic E-state index is -0.996. The van der Waals surface area contributed by atoms with Crippen LogP contribution < -0.4 is 10.6 Å². The quantitative estimate of drug-likeness (QED) is 0.291. The molecule has 1 rings (SSSR count). The van der Waals surface area contributed by atoms with Crippen LogP contribution in [-0.4, -0.2) is 27.8 Å². The number of hydrogen-bond donors (Lipinski definition) is 5. The van der Waals surface area contributed by atoms with Crippen molar-refractivity contribution in [2.24, 2.45) is 0 Å². The van der Waals surface area contributed by atoms with E-state index in [1.54, 1.807) is 12.1 Å². The highest BCUT2D eigenvalue weighted by Crippen LogP contribution is 2.32. The van der Waals surface area contributed by atoms with Gasteiger partial charge in [-0.05, 0) is 24.3 Å². The number of nitrogens with one attached hydrogen (secondary N) is 2. The number of phenols is 1. The summed E-state index contributed by atoms with van der Waals surface area (Å²) < 4.78 is 0. The lowest BCUT2D eigenvalue weighted by Gasteiger charge is -2.18. The molecule has 0 aromatic heterocycles. The van der Waals surface area contributed by atoms with Gasteiger partial charge in [0, 0.05) is 0 Å². The Bertz CT molecular complexity index is 407. The second-order valence-electron chi connectivity index (χ2n) is 3.35. The van der Waals surface area contributed by atoms with Crippen LogP contribution in [0.15, 0.2) is 43.5 Å². The van der Waals surface area contributed by atoms with E-state index in [9.17, 15) is 15.3 Å². The molecule has 5 N–H and O–H groups in total. The van der Waals surface area contributed by atoms with Crippen molar-refractivity contribution >= 4 is 11.4 Å². The predicted molar refractivity (Wildman–Crippen MR) is 67.8 cm³/mol. The van der Waals surface area contributed by atoms with E-state index in [2.05, 4.69) is 23.8 Å². The maximum atomic E-state index is 9.67. The molecule has 0 saturated carbocycles. The smallest absolute Gasteiger partial charge is 0.143 e. The first-order valence-electron chi connectivity index (χ1n) is 5.04. The molecular weight excluding hydrogens is 220 g/mol. The summed E-state index contributed by atoms with van der Waals surface area (Å²) in [6, 6.07) is 4.72. The summed E-state index contributed by atoms with van der Waals surface area (Å²) in [5.41, 5.74) is 0.721. The Labute approximate surface area is 99.7 Å². The maximum absolute atomic E-state index is 9.67. The van der Waals surface area contributed by atoms with Crippen molar-refractivity contribution in [1.29, 1.82) is 0 Å². The van der Waals surface area contributed by atoms with E-state index in [-0.39, 0.29) is 11.4 Å². The van der Waals surface area contributed by atoms with Gasteiger partial charge in [-0.1, -0.05) is 19.2 Å². The number of para-hydroxylation sites is 1. The standard InChI is InChI=1S/C12H16N2O3/c1-3-10(16)13-8-6-5-7-9(15)12(8)14-11(17)4-2/h3-7,10-11,13-17H,1-2H2. The van der Waals surface area contributed by atoms with Gasteiger partial charge in [-0.15, -0.1) is 0 Å². The van der Waals surface area contributed by atoms with E-state index < -0.39 is 12.5 Å². The lowest BCUT2D eigenvalue weighted by Crippen LogP contribution is -2.19. The molecule has 17 heavy (non-hydrogen) atoms. The highest BCUT2D eigenvalue weighted by atomic mass is 16.3. The van der Waals surface area contributed by atoms with Gasteiger partial charge in [-0.2, -0.15) is 0 Å². The normalized spacial score (nSPS) is 13.5. The Morgan fingerprint density at radius 2 is 1.65 bits per heavy atom. The van der Waals surface area contributed by atoms with E-state index in [0.717, 1.165) is 0 Å². The Balaban J connectivity index is 2.99. The first kappa shape index (κ1) is 13.1. The number of phenolic OH excluding ortho intramolecular Hbond substituents is 1. The molecule has 0 bridgehead atoms. The summed E-state index contributed by atoms with van der Waals surface area (Å²) in [5.74, 6) is -0.0489. The number of aliphatic hydroxyl groups is 2. The Morgan fingerprint density at radius 3 is 2.24 bits per heavy atom. The van der Waals surface area contributed by atoms with Crippen molar-refractivity contribution in [3.8, 4) is 5.75 Å². The highest BCUT2D eigenvalue weighted by Gasteiger charge is 2.11. The first-order chi connectivity index (χ1) is 8.08. The van der Waals surface area contributed by atoms with E-state index in [1.807, 2.05) is 0 Å². The minimum absolute atomic E-state index is 0.0489. The van der Waals surface area contributed by atoms with Gasteiger partial charge in [0.1, 0.15) is 23.9 Å². The number of benzene rings is 1. The van der Waals surface area contributed by atoms with Crippen LogP contribution in [-0.2, 0) is 0 Å². The molecule has 0 amide bonds. The first-order valence-corrected chi connectivity index (χ1v) is 5.04. The van der Waals surface area contributed by atoms with Crippen molar-refractivity contribution in [2.45, 2.75) is 12.5 Å². The number of aliphatic hydroxyl groups excluding tert-OH is 2. The number of anilines is 2. The van der Waals surface area contributed by atoms with Crippen molar-refractivity contribution in [3.63, 3.8) is 0 Å². The van der Waals surface area contributed by atoms with Crippen LogP contribution in [0.3, 0.4) is 0 Å². The monoisotopic (exact) mass is 236 g/mol. The average molecular weight is 236 g/mol. The van der Waals surface area contributed by atoms with Gasteiger partial charge in [0.25, 0.3) is 0 Å². The molecule has 1 aromatic carbocycles. The summed E-state index contributed by atoms with van der Waals surface area (Å²) in [6.45, 7) is 6.84.